The first-order valence-corrected chi connectivity index (χ1v) is 9.20. The summed E-state index contributed by atoms with van der Waals surface area (Å²) in [6.07, 6.45) is -1.31. The number of carbonyl (C=O) groups excluding carboxylic acids is 3. The van der Waals surface area contributed by atoms with Crippen LogP contribution in [0.2, 0.25) is 0 Å². The molecule has 0 aromatic heterocycles. The van der Waals surface area contributed by atoms with E-state index in [0.717, 1.165) is 11.1 Å². The molecule has 0 radical (unpaired) electrons. The molecule has 0 aliphatic heterocycles. The standard InChI is InChI=1S/C21H25N3O5/c22-19(26)18(21(28)29)24-20(27)16(13-15-9-5-2-6-10-15)23-17(25)12-11-14-7-3-1-4-8-14/h1-10,16,18,21,28-29H,11-13H2,(H2,22,26)(H,23,25)(H,24,27). The smallest absolute Gasteiger partial charge is 0.245 e. The van der Waals surface area contributed by atoms with Gasteiger partial charge in [0.15, 0.2) is 12.3 Å². The molecule has 2 unspecified atom stereocenters. The second-order valence-corrected chi connectivity index (χ2v) is 6.60. The zero-order chi connectivity index (χ0) is 21.2. The monoisotopic (exact) mass is 399 g/mol. The quantitative estimate of drug-likeness (QED) is 0.347. The molecule has 0 saturated heterocycles. The lowest BCUT2D eigenvalue weighted by Crippen LogP contribution is -2.57. The van der Waals surface area contributed by atoms with E-state index in [1.165, 1.54) is 0 Å². The van der Waals surface area contributed by atoms with Gasteiger partial charge in [0.05, 0.1) is 0 Å². The van der Waals surface area contributed by atoms with Crippen LogP contribution < -0.4 is 16.4 Å². The molecule has 2 atom stereocenters. The molecule has 0 aliphatic rings. The number of benzene rings is 2. The summed E-state index contributed by atoms with van der Waals surface area (Å²) in [5, 5.41) is 23.3. The zero-order valence-electron chi connectivity index (χ0n) is 15.8. The summed E-state index contributed by atoms with van der Waals surface area (Å²) in [5.74, 6) is -2.17. The molecule has 0 saturated carbocycles. The molecule has 3 amide bonds. The Morgan fingerprint density at radius 3 is 1.93 bits per heavy atom. The van der Waals surface area contributed by atoms with Crippen LogP contribution in [-0.2, 0) is 27.2 Å². The molecule has 0 spiro atoms. The molecule has 0 bridgehead atoms. The second-order valence-electron chi connectivity index (χ2n) is 6.60. The van der Waals surface area contributed by atoms with Crippen LogP contribution in [-0.4, -0.2) is 46.3 Å². The van der Waals surface area contributed by atoms with Gasteiger partial charge in [-0.25, -0.2) is 0 Å². The summed E-state index contributed by atoms with van der Waals surface area (Å²) in [7, 11) is 0. The highest BCUT2D eigenvalue weighted by Crippen LogP contribution is 2.06. The number of rotatable bonds is 10. The number of hydrogen-bond acceptors (Lipinski definition) is 5. The molecule has 2 aromatic rings. The minimum atomic E-state index is -2.15. The van der Waals surface area contributed by atoms with Crippen LogP contribution in [0.15, 0.2) is 60.7 Å². The summed E-state index contributed by atoms with van der Waals surface area (Å²) in [4.78, 5) is 36.4. The largest absolute Gasteiger partial charge is 0.368 e. The summed E-state index contributed by atoms with van der Waals surface area (Å²) < 4.78 is 0. The van der Waals surface area contributed by atoms with Gasteiger partial charge in [-0.15, -0.1) is 0 Å². The van der Waals surface area contributed by atoms with Crippen LogP contribution in [0.25, 0.3) is 0 Å². The van der Waals surface area contributed by atoms with Crippen LogP contribution in [0.4, 0.5) is 0 Å². The first kappa shape index (κ1) is 22.1. The van der Waals surface area contributed by atoms with Crippen LogP contribution >= 0.6 is 0 Å². The van der Waals surface area contributed by atoms with Crippen LogP contribution in [0.1, 0.15) is 17.5 Å². The number of carbonyl (C=O) groups is 3. The molecule has 0 fully saturated rings. The topological polar surface area (TPSA) is 142 Å². The van der Waals surface area contributed by atoms with E-state index in [0.29, 0.717) is 6.42 Å². The Bertz CT molecular complexity index is 812. The van der Waals surface area contributed by atoms with Crippen molar-refractivity contribution in [1.82, 2.24) is 10.6 Å². The van der Waals surface area contributed by atoms with E-state index in [9.17, 15) is 24.6 Å². The van der Waals surface area contributed by atoms with Crippen molar-refractivity contribution in [2.24, 2.45) is 5.73 Å². The highest BCUT2D eigenvalue weighted by molar-refractivity contribution is 5.92. The van der Waals surface area contributed by atoms with Gasteiger partial charge < -0.3 is 26.6 Å². The lowest BCUT2D eigenvalue weighted by atomic mass is 10.0. The number of nitrogens with two attached hydrogens (primary N) is 1. The van der Waals surface area contributed by atoms with Gasteiger partial charge in [0.2, 0.25) is 17.7 Å². The molecule has 8 nitrogen and oxygen atoms in total. The minimum Gasteiger partial charge on any atom is -0.368 e. The van der Waals surface area contributed by atoms with Crippen molar-refractivity contribution in [3.8, 4) is 0 Å². The Labute approximate surface area is 168 Å². The van der Waals surface area contributed by atoms with E-state index in [2.05, 4.69) is 10.6 Å². The molecule has 29 heavy (non-hydrogen) atoms. The highest BCUT2D eigenvalue weighted by atomic mass is 16.5. The average molecular weight is 399 g/mol. The van der Waals surface area contributed by atoms with E-state index < -0.39 is 30.2 Å². The van der Waals surface area contributed by atoms with Crippen molar-refractivity contribution in [2.45, 2.75) is 37.6 Å². The normalized spacial score (nSPS) is 12.8. The molecular formula is C21H25N3O5. The molecule has 2 rings (SSSR count). The Balaban J connectivity index is 2.06. The Hall–Kier alpha value is -3.23. The number of aliphatic hydroxyl groups is 2. The number of primary amides is 1. The van der Waals surface area contributed by atoms with Gasteiger partial charge in [0.1, 0.15) is 6.04 Å². The summed E-state index contributed by atoms with van der Waals surface area (Å²) in [6.45, 7) is 0. The van der Waals surface area contributed by atoms with Crippen molar-refractivity contribution >= 4 is 17.7 Å². The predicted molar refractivity (Wildman–Crippen MR) is 106 cm³/mol. The van der Waals surface area contributed by atoms with Gasteiger partial charge in [0.25, 0.3) is 0 Å². The average Bonchev–Trinajstić information content (AvgIpc) is 2.71. The minimum absolute atomic E-state index is 0.163. The Morgan fingerprint density at radius 1 is 0.862 bits per heavy atom. The van der Waals surface area contributed by atoms with Gasteiger partial charge in [-0.05, 0) is 17.5 Å². The van der Waals surface area contributed by atoms with Crippen LogP contribution in [0.5, 0.6) is 0 Å². The van der Waals surface area contributed by atoms with E-state index in [1.54, 1.807) is 24.3 Å². The van der Waals surface area contributed by atoms with Crippen molar-refractivity contribution in [1.29, 1.82) is 0 Å². The SMILES string of the molecule is NC(=O)C(NC(=O)C(Cc1ccccc1)NC(=O)CCc1ccccc1)C(O)O. The van der Waals surface area contributed by atoms with Gasteiger partial charge in [-0.2, -0.15) is 0 Å². The number of aryl methyl sites for hydroxylation is 1. The van der Waals surface area contributed by atoms with Crippen molar-refractivity contribution in [3.05, 3.63) is 71.8 Å². The summed E-state index contributed by atoms with van der Waals surface area (Å²) in [5.41, 5.74) is 6.87. The first-order chi connectivity index (χ1) is 13.9. The Kier molecular flexibility index (Phi) is 8.32. The lowest BCUT2D eigenvalue weighted by Gasteiger charge is -2.23. The molecule has 8 heteroatoms. The maximum atomic E-state index is 12.6. The number of nitrogens with one attached hydrogen (secondary N) is 2. The van der Waals surface area contributed by atoms with Crippen LogP contribution in [0, 0.1) is 0 Å². The molecule has 0 aliphatic carbocycles. The summed E-state index contributed by atoms with van der Waals surface area (Å²) in [6, 6.07) is 15.8. The van der Waals surface area contributed by atoms with E-state index >= 15 is 0 Å². The predicted octanol–water partition coefficient (Wildman–Crippen LogP) is -0.372. The third kappa shape index (κ3) is 7.36. The van der Waals surface area contributed by atoms with Gasteiger partial charge in [-0.1, -0.05) is 60.7 Å². The molecular weight excluding hydrogens is 374 g/mol. The van der Waals surface area contributed by atoms with Crippen molar-refractivity contribution < 1.29 is 24.6 Å². The van der Waals surface area contributed by atoms with E-state index in [-0.39, 0.29) is 18.7 Å². The molecule has 154 valence electrons. The second kappa shape index (κ2) is 10.9. The fourth-order valence-corrected chi connectivity index (χ4v) is 2.77. The van der Waals surface area contributed by atoms with Gasteiger partial charge >= 0.3 is 0 Å². The summed E-state index contributed by atoms with van der Waals surface area (Å²) >= 11 is 0. The van der Waals surface area contributed by atoms with Gasteiger partial charge in [0, 0.05) is 12.8 Å². The Morgan fingerprint density at radius 2 is 1.41 bits per heavy atom. The van der Waals surface area contributed by atoms with Crippen molar-refractivity contribution in [3.63, 3.8) is 0 Å². The number of hydrogen-bond donors (Lipinski definition) is 5. The highest BCUT2D eigenvalue weighted by Gasteiger charge is 2.29. The molecule has 2 aromatic carbocycles. The first-order valence-electron chi connectivity index (χ1n) is 9.20. The van der Waals surface area contributed by atoms with E-state index in [1.807, 2.05) is 36.4 Å². The maximum absolute atomic E-state index is 12.6. The fraction of sp³-hybridized carbons (Fsp3) is 0.286. The molecule has 6 N–H and O–H groups in total. The van der Waals surface area contributed by atoms with Crippen LogP contribution in [0.3, 0.4) is 0 Å². The lowest BCUT2D eigenvalue weighted by molar-refractivity contribution is -0.140. The van der Waals surface area contributed by atoms with Gasteiger partial charge in [-0.3, -0.25) is 14.4 Å². The third-order valence-corrected chi connectivity index (χ3v) is 4.32. The molecule has 0 heterocycles. The maximum Gasteiger partial charge on any atom is 0.245 e. The van der Waals surface area contributed by atoms with E-state index in [4.69, 9.17) is 5.73 Å². The zero-order valence-corrected chi connectivity index (χ0v) is 15.8. The fourth-order valence-electron chi connectivity index (χ4n) is 2.77. The third-order valence-electron chi connectivity index (χ3n) is 4.32. The number of aliphatic hydroxyl groups excluding tert-OH is 1. The van der Waals surface area contributed by atoms with Crippen molar-refractivity contribution in [2.75, 3.05) is 0 Å². The number of amides is 3.